The largest absolute Gasteiger partial charge is 0.261 e. The van der Waals surface area contributed by atoms with Crippen molar-refractivity contribution in [1.29, 1.82) is 0 Å². The number of rotatable bonds is 4. The fourth-order valence-electron chi connectivity index (χ4n) is 2.35. The van der Waals surface area contributed by atoms with Crippen LogP contribution in [-0.2, 0) is 0 Å². The first kappa shape index (κ1) is 17.3. The first-order valence-corrected chi connectivity index (χ1v) is 8.81. The van der Waals surface area contributed by atoms with E-state index in [0.29, 0.717) is 5.82 Å². The number of nitrogens with zero attached hydrogens (tertiary/aromatic N) is 3. The molecule has 3 aromatic rings. The van der Waals surface area contributed by atoms with E-state index in [1.165, 1.54) is 0 Å². The summed E-state index contributed by atoms with van der Waals surface area (Å²) in [6.07, 6.45) is 0. The van der Waals surface area contributed by atoms with Crippen molar-refractivity contribution in [3.63, 3.8) is 0 Å². The molecule has 0 aliphatic rings. The summed E-state index contributed by atoms with van der Waals surface area (Å²) in [5.74, 6) is 1.42. The maximum absolute atomic E-state index is 4.65. The average Bonchev–Trinajstić information content (AvgIpc) is 2.64. The van der Waals surface area contributed by atoms with E-state index in [-0.39, 0.29) is 0 Å². The van der Waals surface area contributed by atoms with Gasteiger partial charge >= 0.3 is 0 Å². The Morgan fingerprint density at radius 1 is 0.960 bits per heavy atom. The van der Waals surface area contributed by atoms with E-state index in [9.17, 15) is 0 Å². The standard InChI is InChI=1S/C20H19BrN4/c1-13-14(2)22-20(17-7-5-4-6-8-17)23-19(13)25-24-15(3)16-9-11-18(21)12-10-16/h4-12H,1-3H3,(H,22,23,25)/b24-15+. The first-order chi connectivity index (χ1) is 12.0. The van der Waals surface area contributed by atoms with Crippen LogP contribution in [-0.4, -0.2) is 15.7 Å². The minimum atomic E-state index is 0.697. The molecule has 25 heavy (non-hydrogen) atoms. The number of hydrogen-bond acceptors (Lipinski definition) is 4. The maximum Gasteiger partial charge on any atom is 0.161 e. The number of aromatic nitrogens is 2. The lowest BCUT2D eigenvalue weighted by Gasteiger charge is -2.10. The van der Waals surface area contributed by atoms with Crippen molar-refractivity contribution in [3.8, 4) is 11.4 Å². The summed E-state index contributed by atoms with van der Waals surface area (Å²) in [5.41, 5.74) is 7.97. The zero-order valence-corrected chi connectivity index (χ0v) is 16.0. The number of halogens is 1. The Hall–Kier alpha value is -2.53. The van der Waals surface area contributed by atoms with Gasteiger partial charge in [-0.3, -0.25) is 5.43 Å². The van der Waals surface area contributed by atoms with Gasteiger partial charge in [-0.2, -0.15) is 5.10 Å². The lowest BCUT2D eigenvalue weighted by Crippen LogP contribution is -2.05. The average molecular weight is 395 g/mol. The molecule has 0 radical (unpaired) electrons. The van der Waals surface area contributed by atoms with Crippen LogP contribution in [0.1, 0.15) is 23.7 Å². The number of benzene rings is 2. The van der Waals surface area contributed by atoms with Crippen LogP contribution >= 0.6 is 15.9 Å². The molecule has 5 heteroatoms. The Balaban J connectivity index is 1.90. The third-order valence-electron chi connectivity index (χ3n) is 4.01. The zero-order valence-electron chi connectivity index (χ0n) is 14.4. The molecule has 1 heterocycles. The summed E-state index contributed by atoms with van der Waals surface area (Å²) in [6.45, 7) is 5.95. The van der Waals surface area contributed by atoms with E-state index in [0.717, 1.165) is 38.4 Å². The molecule has 0 aliphatic heterocycles. The number of hydrazone groups is 1. The van der Waals surface area contributed by atoms with Gasteiger partial charge in [0.1, 0.15) is 0 Å². The minimum absolute atomic E-state index is 0.697. The molecule has 1 N–H and O–H groups in total. The summed E-state index contributed by atoms with van der Waals surface area (Å²) in [6, 6.07) is 18.0. The highest BCUT2D eigenvalue weighted by Crippen LogP contribution is 2.21. The molecule has 126 valence electrons. The van der Waals surface area contributed by atoms with Crippen molar-refractivity contribution >= 4 is 27.5 Å². The van der Waals surface area contributed by atoms with E-state index in [4.69, 9.17) is 0 Å². The van der Waals surface area contributed by atoms with Gasteiger partial charge in [-0.25, -0.2) is 9.97 Å². The van der Waals surface area contributed by atoms with Crippen LogP contribution in [0.2, 0.25) is 0 Å². The highest BCUT2D eigenvalue weighted by atomic mass is 79.9. The SMILES string of the molecule is C/C(=N\Nc1nc(-c2ccccc2)nc(C)c1C)c1ccc(Br)cc1. The van der Waals surface area contributed by atoms with Gasteiger partial charge in [0.05, 0.1) is 5.71 Å². The second kappa shape index (κ2) is 7.57. The van der Waals surface area contributed by atoms with Gasteiger partial charge < -0.3 is 0 Å². The van der Waals surface area contributed by atoms with Crippen LogP contribution in [0.4, 0.5) is 5.82 Å². The highest BCUT2D eigenvalue weighted by Gasteiger charge is 2.09. The summed E-state index contributed by atoms with van der Waals surface area (Å²) < 4.78 is 1.05. The fraction of sp³-hybridized carbons (Fsp3) is 0.150. The zero-order chi connectivity index (χ0) is 17.8. The molecule has 0 saturated heterocycles. The predicted octanol–water partition coefficient (Wildman–Crippen LogP) is 5.36. The van der Waals surface area contributed by atoms with Crippen molar-refractivity contribution < 1.29 is 0 Å². The van der Waals surface area contributed by atoms with Crippen LogP contribution in [0.5, 0.6) is 0 Å². The van der Waals surface area contributed by atoms with Gasteiger partial charge in [-0.05, 0) is 38.5 Å². The van der Waals surface area contributed by atoms with E-state index < -0.39 is 0 Å². The number of nitrogens with one attached hydrogen (secondary N) is 1. The molecule has 1 aromatic heterocycles. The molecule has 0 aliphatic carbocycles. The fourth-order valence-corrected chi connectivity index (χ4v) is 2.61. The van der Waals surface area contributed by atoms with E-state index in [2.05, 4.69) is 36.4 Å². The van der Waals surface area contributed by atoms with Crippen LogP contribution < -0.4 is 5.43 Å². The third-order valence-corrected chi connectivity index (χ3v) is 4.54. The summed E-state index contributed by atoms with van der Waals surface area (Å²) in [7, 11) is 0. The molecule has 3 rings (SSSR count). The van der Waals surface area contributed by atoms with Crippen molar-refractivity contribution in [1.82, 2.24) is 9.97 Å². The monoisotopic (exact) mass is 394 g/mol. The molecule has 0 fully saturated rings. The molecule has 0 unspecified atom stereocenters. The lowest BCUT2D eigenvalue weighted by atomic mass is 10.1. The van der Waals surface area contributed by atoms with Crippen LogP contribution in [0, 0.1) is 13.8 Å². The van der Waals surface area contributed by atoms with Crippen molar-refractivity contribution in [2.45, 2.75) is 20.8 Å². The Morgan fingerprint density at radius 3 is 2.32 bits per heavy atom. The maximum atomic E-state index is 4.65. The van der Waals surface area contributed by atoms with E-state index in [1.807, 2.05) is 75.4 Å². The normalized spacial score (nSPS) is 11.4. The van der Waals surface area contributed by atoms with Gasteiger partial charge in [0, 0.05) is 21.3 Å². The molecule has 0 saturated carbocycles. The molecule has 0 spiro atoms. The molecular weight excluding hydrogens is 376 g/mol. The Labute approximate surface area is 156 Å². The van der Waals surface area contributed by atoms with E-state index in [1.54, 1.807) is 0 Å². The molecule has 4 nitrogen and oxygen atoms in total. The molecule has 0 atom stereocenters. The Morgan fingerprint density at radius 2 is 1.64 bits per heavy atom. The third kappa shape index (κ3) is 4.12. The van der Waals surface area contributed by atoms with Crippen molar-refractivity contribution in [2.24, 2.45) is 5.10 Å². The van der Waals surface area contributed by atoms with Crippen molar-refractivity contribution in [3.05, 3.63) is 75.9 Å². The topological polar surface area (TPSA) is 50.2 Å². The minimum Gasteiger partial charge on any atom is -0.261 e. The molecule has 0 bridgehead atoms. The number of anilines is 1. The van der Waals surface area contributed by atoms with Gasteiger partial charge in [0.2, 0.25) is 0 Å². The summed E-state index contributed by atoms with van der Waals surface area (Å²) in [4.78, 5) is 9.24. The summed E-state index contributed by atoms with van der Waals surface area (Å²) >= 11 is 3.45. The smallest absolute Gasteiger partial charge is 0.161 e. The molecule has 0 amide bonds. The van der Waals surface area contributed by atoms with Gasteiger partial charge in [-0.1, -0.05) is 58.4 Å². The Kier molecular flexibility index (Phi) is 5.24. The van der Waals surface area contributed by atoms with Gasteiger partial charge in [0.25, 0.3) is 0 Å². The molecule has 2 aromatic carbocycles. The van der Waals surface area contributed by atoms with E-state index >= 15 is 0 Å². The molecular formula is C20H19BrN4. The van der Waals surface area contributed by atoms with Crippen molar-refractivity contribution in [2.75, 3.05) is 5.43 Å². The quantitative estimate of drug-likeness (QED) is 0.478. The Bertz CT molecular complexity index is 903. The first-order valence-electron chi connectivity index (χ1n) is 8.01. The second-order valence-corrected chi connectivity index (χ2v) is 6.70. The van der Waals surface area contributed by atoms with Crippen LogP contribution in [0.25, 0.3) is 11.4 Å². The predicted molar refractivity (Wildman–Crippen MR) is 107 cm³/mol. The lowest BCUT2D eigenvalue weighted by molar-refractivity contribution is 1.06. The summed E-state index contributed by atoms with van der Waals surface area (Å²) in [5, 5.41) is 4.49. The van der Waals surface area contributed by atoms with Crippen LogP contribution in [0.15, 0.2) is 64.2 Å². The van der Waals surface area contributed by atoms with Crippen LogP contribution in [0.3, 0.4) is 0 Å². The second-order valence-electron chi connectivity index (χ2n) is 5.79. The van der Waals surface area contributed by atoms with Gasteiger partial charge in [0.15, 0.2) is 11.6 Å². The van der Waals surface area contributed by atoms with Gasteiger partial charge in [-0.15, -0.1) is 0 Å². The number of hydrogen-bond donors (Lipinski definition) is 1. The highest BCUT2D eigenvalue weighted by molar-refractivity contribution is 9.10. The number of aryl methyl sites for hydroxylation is 1.